The van der Waals surface area contributed by atoms with Crippen molar-refractivity contribution in [2.45, 2.75) is 32.1 Å². The number of nitro groups is 1. The molecule has 2 aliphatic heterocycles. The summed E-state index contributed by atoms with van der Waals surface area (Å²) in [6, 6.07) is 10.9. The number of non-ortho nitro benzene ring substituents is 1. The summed E-state index contributed by atoms with van der Waals surface area (Å²) in [5, 5.41) is 13.6. The highest BCUT2D eigenvalue weighted by atomic mass is 16.6. The average Bonchev–Trinajstić information content (AvgIpc) is 3.34. The monoisotopic (exact) mass is 422 g/mol. The first-order chi connectivity index (χ1) is 15.0. The van der Waals surface area contributed by atoms with Gasteiger partial charge in [0, 0.05) is 55.2 Å². The highest BCUT2D eigenvalue weighted by Gasteiger charge is 2.25. The van der Waals surface area contributed by atoms with Crippen molar-refractivity contribution in [1.82, 2.24) is 4.90 Å². The Morgan fingerprint density at radius 1 is 0.871 bits per heavy atom. The number of carbonyl (C=O) groups excluding carboxylic acids is 2. The van der Waals surface area contributed by atoms with Gasteiger partial charge in [0.05, 0.1) is 10.5 Å². The average molecular weight is 422 g/mol. The van der Waals surface area contributed by atoms with Crippen LogP contribution in [0.25, 0.3) is 0 Å². The van der Waals surface area contributed by atoms with Gasteiger partial charge in [-0.2, -0.15) is 0 Å². The number of nitro benzene ring substituents is 1. The van der Waals surface area contributed by atoms with Crippen LogP contribution in [0.2, 0.25) is 0 Å². The summed E-state index contributed by atoms with van der Waals surface area (Å²) in [4.78, 5) is 40.4. The topological polar surface area (TPSA) is 95.8 Å². The number of hydrogen-bond acceptors (Lipinski definition) is 5. The third-order valence-corrected chi connectivity index (χ3v) is 5.92. The lowest BCUT2D eigenvalue weighted by molar-refractivity contribution is -0.384. The molecule has 0 aromatic heterocycles. The zero-order valence-electron chi connectivity index (χ0n) is 17.4. The minimum absolute atomic E-state index is 0.00744. The molecule has 0 saturated carbocycles. The number of rotatable bonds is 5. The lowest BCUT2D eigenvalue weighted by atomic mass is 10.1. The van der Waals surface area contributed by atoms with E-state index in [-0.39, 0.29) is 17.5 Å². The van der Waals surface area contributed by atoms with Crippen molar-refractivity contribution in [3.8, 4) is 0 Å². The molecule has 31 heavy (non-hydrogen) atoms. The molecule has 0 aliphatic carbocycles. The van der Waals surface area contributed by atoms with E-state index in [9.17, 15) is 19.7 Å². The van der Waals surface area contributed by atoms with Gasteiger partial charge in [0.15, 0.2) is 0 Å². The number of nitrogens with one attached hydrogen (secondary N) is 1. The Kier molecular flexibility index (Phi) is 6.16. The third kappa shape index (κ3) is 4.68. The Labute approximate surface area is 181 Å². The number of anilines is 2. The fourth-order valence-electron chi connectivity index (χ4n) is 4.22. The van der Waals surface area contributed by atoms with Crippen LogP contribution in [0.5, 0.6) is 0 Å². The smallest absolute Gasteiger partial charge is 0.269 e. The Bertz CT molecular complexity index is 978. The Morgan fingerprint density at radius 2 is 1.52 bits per heavy atom. The van der Waals surface area contributed by atoms with Gasteiger partial charge < -0.3 is 15.1 Å². The second-order valence-electron chi connectivity index (χ2n) is 8.04. The summed E-state index contributed by atoms with van der Waals surface area (Å²) in [5.41, 5.74) is 2.32. The van der Waals surface area contributed by atoms with E-state index in [0.29, 0.717) is 16.8 Å². The van der Waals surface area contributed by atoms with Crippen LogP contribution in [-0.2, 0) is 0 Å². The molecule has 0 bridgehead atoms. The van der Waals surface area contributed by atoms with Gasteiger partial charge in [-0.15, -0.1) is 0 Å². The van der Waals surface area contributed by atoms with Crippen LogP contribution in [0.4, 0.5) is 17.1 Å². The number of nitrogens with zero attached hydrogens (tertiary/aromatic N) is 3. The molecule has 0 radical (unpaired) electrons. The molecule has 2 aliphatic rings. The summed E-state index contributed by atoms with van der Waals surface area (Å²) in [6.07, 6.45) is 5.39. The first-order valence-corrected chi connectivity index (χ1v) is 10.8. The van der Waals surface area contributed by atoms with Crippen LogP contribution in [0.1, 0.15) is 52.8 Å². The maximum Gasteiger partial charge on any atom is 0.269 e. The molecule has 0 atom stereocenters. The molecule has 4 rings (SSSR count). The lowest BCUT2D eigenvalue weighted by Gasteiger charge is -2.29. The number of likely N-dealkylation sites (tertiary alicyclic amines) is 1. The van der Waals surface area contributed by atoms with Gasteiger partial charge >= 0.3 is 0 Å². The van der Waals surface area contributed by atoms with Crippen molar-refractivity contribution in [2.75, 3.05) is 36.4 Å². The molecule has 2 fully saturated rings. The summed E-state index contributed by atoms with van der Waals surface area (Å²) < 4.78 is 0. The summed E-state index contributed by atoms with van der Waals surface area (Å²) in [7, 11) is 0. The van der Waals surface area contributed by atoms with Crippen LogP contribution < -0.4 is 10.2 Å². The van der Waals surface area contributed by atoms with Crippen molar-refractivity contribution in [3.05, 3.63) is 63.7 Å². The van der Waals surface area contributed by atoms with E-state index in [1.807, 2.05) is 17.0 Å². The van der Waals surface area contributed by atoms with Crippen molar-refractivity contribution in [1.29, 1.82) is 0 Å². The quantitative estimate of drug-likeness (QED) is 0.579. The number of hydrogen-bond donors (Lipinski definition) is 1. The maximum absolute atomic E-state index is 13.3. The zero-order chi connectivity index (χ0) is 21.8. The number of carbonyl (C=O) groups is 2. The van der Waals surface area contributed by atoms with Gasteiger partial charge in [-0.1, -0.05) is 0 Å². The number of benzene rings is 2. The van der Waals surface area contributed by atoms with Gasteiger partial charge in [-0.05, 0) is 62.4 Å². The summed E-state index contributed by atoms with van der Waals surface area (Å²) in [5.74, 6) is -0.367. The zero-order valence-corrected chi connectivity index (χ0v) is 17.4. The molecule has 0 unspecified atom stereocenters. The van der Waals surface area contributed by atoms with Gasteiger partial charge in [0.25, 0.3) is 17.5 Å². The van der Waals surface area contributed by atoms with Crippen LogP contribution in [0.15, 0.2) is 42.5 Å². The van der Waals surface area contributed by atoms with Crippen LogP contribution in [-0.4, -0.2) is 47.8 Å². The second kappa shape index (κ2) is 9.16. The standard InChI is InChI=1S/C23H26N4O4/c28-22(17-6-9-19(10-7-17)27(30)31)24-18-8-11-21(25-12-4-5-13-25)20(16-18)23(29)26-14-2-1-3-15-26/h6-11,16H,1-5,12-15H2,(H,24,28). The maximum atomic E-state index is 13.3. The van der Waals surface area contributed by atoms with E-state index in [4.69, 9.17) is 0 Å². The lowest BCUT2D eigenvalue weighted by Crippen LogP contribution is -2.36. The largest absolute Gasteiger partial charge is 0.371 e. The Balaban J connectivity index is 1.58. The van der Waals surface area contributed by atoms with E-state index >= 15 is 0 Å². The number of amides is 2. The minimum atomic E-state index is -0.503. The van der Waals surface area contributed by atoms with Gasteiger partial charge in [-0.3, -0.25) is 19.7 Å². The van der Waals surface area contributed by atoms with E-state index in [0.717, 1.165) is 64.0 Å². The van der Waals surface area contributed by atoms with E-state index in [1.165, 1.54) is 24.3 Å². The van der Waals surface area contributed by atoms with Crippen LogP contribution >= 0.6 is 0 Å². The molecule has 2 aromatic rings. The molecule has 1 N–H and O–H groups in total. The third-order valence-electron chi connectivity index (χ3n) is 5.92. The molecular weight excluding hydrogens is 396 g/mol. The molecular formula is C23H26N4O4. The van der Waals surface area contributed by atoms with E-state index in [1.54, 1.807) is 6.07 Å². The predicted molar refractivity (Wildman–Crippen MR) is 119 cm³/mol. The predicted octanol–water partition coefficient (Wildman–Crippen LogP) is 4.07. The van der Waals surface area contributed by atoms with Crippen molar-refractivity contribution >= 4 is 28.9 Å². The van der Waals surface area contributed by atoms with Crippen molar-refractivity contribution in [3.63, 3.8) is 0 Å². The summed E-state index contributed by atoms with van der Waals surface area (Å²) >= 11 is 0. The van der Waals surface area contributed by atoms with Gasteiger partial charge in [-0.25, -0.2) is 0 Å². The molecule has 8 heteroatoms. The van der Waals surface area contributed by atoms with Crippen LogP contribution in [0.3, 0.4) is 0 Å². The highest BCUT2D eigenvalue weighted by Crippen LogP contribution is 2.29. The van der Waals surface area contributed by atoms with Gasteiger partial charge in [0.2, 0.25) is 0 Å². The highest BCUT2D eigenvalue weighted by molar-refractivity contribution is 6.06. The molecule has 0 spiro atoms. The van der Waals surface area contributed by atoms with Gasteiger partial charge in [0.1, 0.15) is 0 Å². The van der Waals surface area contributed by atoms with Crippen molar-refractivity contribution < 1.29 is 14.5 Å². The molecule has 2 heterocycles. The Hall–Kier alpha value is -3.42. The Morgan fingerprint density at radius 3 is 2.16 bits per heavy atom. The van der Waals surface area contributed by atoms with Crippen LogP contribution in [0, 0.1) is 10.1 Å². The number of piperidine rings is 1. The second-order valence-corrected chi connectivity index (χ2v) is 8.04. The summed E-state index contributed by atoms with van der Waals surface area (Å²) in [6.45, 7) is 3.37. The SMILES string of the molecule is O=C(Nc1ccc(N2CCCC2)c(C(=O)N2CCCCC2)c1)c1ccc([N+](=O)[O-])cc1. The van der Waals surface area contributed by atoms with Crippen molar-refractivity contribution in [2.24, 2.45) is 0 Å². The molecule has 8 nitrogen and oxygen atoms in total. The molecule has 162 valence electrons. The first kappa shape index (κ1) is 20.8. The fourth-order valence-corrected chi connectivity index (χ4v) is 4.22. The van der Waals surface area contributed by atoms with E-state index < -0.39 is 4.92 Å². The minimum Gasteiger partial charge on any atom is -0.371 e. The first-order valence-electron chi connectivity index (χ1n) is 10.8. The van der Waals surface area contributed by atoms with E-state index in [2.05, 4.69) is 10.2 Å². The normalized spacial score (nSPS) is 16.3. The fraction of sp³-hybridized carbons (Fsp3) is 0.391. The molecule has 2 amide bonds. The molecule has 2 saturated heterocycles. The molecule has 2 aromatic carbocycles.